The van der Waals surface area contributed by atoms with Crippen LogP contribution >= 0.6 is 0 Å². The smallest absolute Gasteiger partial charge is 0.234 e. The second kappa shape index (κ2) is 12.9. The van der Waals surface area contributed by atoms with Gasteiger partial charge in [0.2, 0.25) is 5.91 Å². The van der Waals surface area contributed by atoms with Gasteiger partial charge in [0.05, 0.1) is 47.1 Å². The summed E-state index contributed by atoms with van der Waals surface area (Å²) in [7, 11) is 6.63. The van der Waals surface area contributed by atoms with Crippen LogP contribution in [0.2, 0.25) is 0 Å². The molecular formula is C34H42N2O6. The molecule has 2 atom stereocenters. The quantitative estimate of drug-likeness (QED) is 0.326. The van der Waals surface area contributed by atoms with E-state index >= 15 is 0 Å². The summed E-state index contributed by atoms with van der Waals surface area (Å²) in [6, 6.07) is 16.3. The molecule has 8 nitrogen and oxygen atoms in total. The molecule has 1 N–H and O–H groups in total. The molecule has 5 rings (SSSR count). The molecule has 8 heteroatoms. The first-order chi connectivity index (χ1) is 20.3. The van der Waals surface area contributed by atoms with Crippen LogP contribution in [0.5, 0.6) is 28.7 Å². The van der Waals surface area contributed by atoms with Crippen LogP contribution in [0.25, 0.3) is 0 Å². The molecule has 3 aromatic rings. The van der Waals surface area contributed by atoms with E-state index in [9.17, 15) is 4.79 Å². The van der Waals surface area contributed by atoms with E-state index in [1.807, 2.05) is 38.1 Å². The number of fused-ring (bicyclic) bond motifs is 2. The van der Waals surface area contributed by atoms with Gasteiger partial charge in [-0.05, 0) is 104 Å². The van der Waals surface area contributed by atoms with Crippen LogP contribution in [0.3, 0.4) is 0 Å². The SMILES string of the molecule is COc1ccc2c(c1)C(NC(=O)CN1CCc3cc(OC)c(OC(C)C)cc3C1Cc1ccc(OC)c(OC)c1)CC2. The van der Waals surface area contributed by atoms with Crippen LogP contribution in [0, 0.1) is 0 Å². The molecule has 224 valence electrons. The molecule has 0 aromatic heterocycles. The predicted molar refractivity (Wildman–Crippen MR) is 162 cm³/mol. The van der Waals surface area contributed by atoms with Crippen molar-refractivity contribution < 1.29 is 28.5 Å². The minimum absolute atomic E-state index is 0.000339. The Labute approximate surface area is 248 Å². The normalized spacial score (nSPS) is 17.8. The van der Waals surface area contributed by atoms with E-state index in [2.05, 4.69) is 34.5 Å². The van der Waals surface area contributed by atoms with E-state index in [0.29, 0.717) is 30.2 Å². The van der Waals surface area contributed by atoms with Crippen LogP contribution in [-0.4, -0.2) is 58.4 Å². The van der Waals surface area contributed by atoms with Crippen molar-refractivity contribution in [3.63, 3.8) is 0 Å². The van der Waals surface area contributed by atoms with Gasteiger partial charge in [0.25, 0.3) is 0 Å². The Balaban J connectivity index is 1.43. The molecule has 2 aliphatic rings. The molecule has 1 aliphatic heterocycles. The summed E-state index contributed by atoms with van der Waals surface area (Å²) >= 11 is 0. The summed E-state index contributed by atoms with van der Waals surface area (Å²) in [6.07, 6.45) is 3.34. The Kier molecular flexibility index (Phi) is 9.12. The van der Waals surface area contributed by atoms with E-state index in [4.69, 9.17) is 23.7 Å². The summed E-state index contributed by atoms with van der Waals surface area (Å²) in [5.41, 5.74) is 5.87. The van der Waals surface area contributed by atoms with Gasteiger partial charge in [-0.1, -0.05) is 12.1 Å². The first-order valence-electron chi connectivity index (χ1n) is 14.6. The highest BCUT2D eigenvalue weighted by molar-refractivity contribution is 5.79. The number of carbonyl (C=O) groups is 1. The summed E-state index contributed by atoms with van der Waals surface area (Å²) in [5.74, 6) is 3.65. The van der Waals surface area contributed by atoms with Gasteiger partial charge in [0.1, 0.15) is 5.75 Å². The third-order valence-electron chi connectivity index (χ3n) is 8.25. The first kappa shape index (κ1) is 29.6. The zero-order valence-corrected chi connectivity index (χ0v) is 25.5. The number of aryl methyl sites for hydroxylation is 1. The number of benzene rings is 3. The molecule has 2 unspecified atom stereocenters. The molecule has 3 aromatic carbocycles. The Morgan fingerprint density at radius 3 is 2.31 bits per heavy atom. The maximum atomic E-state index is 13.6. The van der Waals surface area contributed by atoms with Crippen molar-refractivity contribution in [3.8, 4) is 28.7 Å². The van der Waals surface area contributed by atoms with E-state index in [1.165, 1.54) is 11.1 Å². The Morgan fingerprint density at radius 2 is 1.60 bits per heavy atom. The maximum Gasteiger partial charge on any atom is 0.234 e. The third-order valence-corrected chi connectivity index (χ3v) is 8.25. The monoisotopic (exact) mass is 574 g/mol. The lowest BCUT2D eigenvalue weighted by Crippen LogP contribution is -2.44. The number of carbonyl (C=O) groups excluding carboxylic acids is 1. The van der Waals surface area contributed by atoms with E-state index in [0.717, 1.165) is 54.0 Å². The zero-order chi connectivity index (χ0) is 29.8. The van der Waals surface area contributed by atoms with Gasteiger partial charge in [0.15, 0.2) is 23.0 Å². The van der Waals surface area contributed by atoms with Crippen LogP contribution in [-0.2, 0) is 24.1 Å². The topological polar surface area (TPSA) is 78.5 Å². The highest BCUT2D eigenvalue weighted by Crippen LogP contribution is 2.41. The average Bonchev–Trinajstić information content (AvgIpc) is 3.39. The van der Waals surface area contributed by atoms with Crippen molar-refractivity contribution in [2.75, 3.05) is 41.5 Å². The molecule has 0 fully saturated rings. The molecule has 0 saturated carbocycles. The van der Waals surface area contributed by atoms with E-state index in [1.54, 1.807) is 28.4 Å². The number of hydrogen-bond donors (Lipinski definition) is 1. The molecule has 1 heterocycles. The van der Waals surface area contributed by atoms with Crippen molar-refractivity contribution in [1.29, 1.82) is 0 Å². The number of amides is 1. The highest BCUT2D eigenvalue weighted by Gasteiger charge is 2.32. The van der Waals surface area contributed by atoms with Gasteiger partial charge in [-0.15, -0.1) is 0 Å². The Bertz CT molecular complexity index is 1420. The van der Waals surface area contributed by atoms with Crippen molar-refractivity contribution in [2.45, 2.75) is 57.7 Å². The maximum absolute atomic E-state index is 13.6. The van der Waals surface area contributed by atoms with Crippen molar-refractivity contribution in [2.24, 2.45) is 0 Å². The van der Waals surface area contributed by atoms with Crippen molar-refractivity contribution >= 4 is 5.91 Å². The molecule has 1 aliphatic carbocycles. The molecule has 0 radical (unpaired) electrons. The fourth-order valence-electron chi connectivity index (χ4n) is 6.21. The largest absolute Gasteiger partial charge is 0.497 e. The summed E-state index contributed by atoms with van der Waals surface area (Å²) in [6.45, 7) is 5.06. The lowest BCUT2D eigenvalue weighted by Gasteiger charge is -2.38. The lowest BCUT2D eigenvalue weighted by molar-refractivity contribution is -0.123. The minimum atomic E-state index is -0.0472. The number of nitrogens with one attached hydrogen (secondary N) is 1. The standard InChI is InChI=1S/C34H42N2O6/c1-21(2)42-33-19-27-24(17-32(33)41-6)13-14-36(29(27)15-22-7-12-30(39-4)31(16-22)40-5)20-34(37)35-28-11-9-23-8-10-25(38-3)18-26(23)28/h7-8,10,12,16-19,21,28-29H,9,11,13-15,20H2,1-6H3,(H,35,37). The highest BCUT2D eigenvalue weighted by atomic mass is 16.5. The number of nitrogens with zero attached hydrogens (tertiary/aromatic N) is 1. The van der Waals surface area contributed by atoms with Gasteiger partial charge < -0.3 is 29.0 Å². The third kappa shape index (κ3) is 6.28. The van der Waals surface area contributed by atoms with Gasteiger partial charge in [0, 0.05) is 12.6 Å². The van der Waals surface area contributed by atoms with E-state index in [-0.39, 0.29) is 24.1 Å². The first-order valence-corrected chi connectivity index (χ1v) is 14.6. The Hall–Kier alpha value is -3.91. The van der Waals surface area contributed by atoms with Crippen molar-refractivity contribution in [3.05, 3.63) is 76.3 Å². The van der Waals surface area contributed by atoms with Gasteiger partial charge in [-0.3, -0.25) is 9.69 Å². The van der Waals surface area contributed by atoms with Gasteiger partial charge in [-0.2, -0.15) is 0 Å². The van der Waals surface area contributed by atoms with E-state index < -0.39 is 0 Å². The summed E-state index contributed by atoms with van der Waals surface area (Å²) < 4.78 is 28.3. The predicted octanol–water partition coefficient (Wildman–Crippen LogP) is 5.45. The van der Waals surface area contributed by atoms with Crippen LogP contribution in [0.15, 0.2) is 48.5 Å². The van der Waals surface area contributed by atoms with Crippen LogP contribution in [0.1, 0.15) is 60.2 Å². The average molecular weight is 575 g/mol. The minimum Gasteiger partial charge on any atom is -0.497 e. The van der Waals surface area contributed by atoms with Gasteiger partial charge >= 0.3 is 0 Å². The molecule has 1 amide bonds. The fraction of sp³-hybridized carbons (Fsp3) is 0.441. The zero-order valence-electron chi connectivity index (χ0n) is 25.5. The van der Waals surface area contributed by atoms with Crippen LogP contribution in [0.4, 0.5) is 0 Å². The lowest BCUT2D eigenvalue weighted by atomic mass is 9.88. The van der Waals surface area contributed by atoms with Crippen LogP contribution < -0.4 is 29.0 Å². The number of hydrogen-bond acceptors (Lipinski definition) is 7. The summed E-state index contributed by atoms with van der Waals surface area (Å²) in [5, 5.41) is 3.31. The second-order valence-electron chi connectivity index (χ2n) is 11.2. The molecule has 0 saturated heterocycles. The number of ether oxygens (including phenoxy) is 5. The molecule has 42 heavy (non-hydrogen) atoms. The molecule has 0 bridgehead atoms. The Morgan fingerprint density at radius 1 is 0.833 bits per heavy atom. The molecular weight excluding hydrogens is 532 g/mol. The summed E-state index contributed by atoms with van der Waals surface area (Å²) in [4.78, 5) is 15.9. The van der Waals surface area contributed by atoms with Gasteiger partial charge in [-0.25, -0.2) is 0 Å². The van der Waals surface area contributed by atoms with Crippen molar-refractivity contribution in [1.82, 2.24) is 10.2 Å². The second-order valence-corrected chi connectivity index (χ2v) is 11.2. The number of rotatable bonds is 11. The molecule has 0 spiro atoms. The fourth-order valence-corrected chi connectivity index (χ4v) is 6.21. The number of methoxy groups -OCH3 is 4.